The fraction of sp³-hybridized carbons (Fsp3) is 0.909. The average Bonchev–Trinajstić information content (AvgIpc) is 3.38. The van der Waals surface area contributed by atoms with E-state index in [0.717, 1.165) is 31.4 Å². The molecule has 0 radical (unpaired) electrons. The summed E-state index contributed by atoms with van der Waals surface area (Å²) >= 11 is 1.90. The van der Waals surface area contributed by atoms with Gasteiger partial charge in [-0.05, 0) is 19.3 Å². The van der Waals surface area contributed by atoms with E-state index in [1.54, 1.807) is 0 Å². The zero-order valence-electron chi connectivity index (χ0n) is 19.9. The van der Waals surface area contributed by atoms with Crippen LogP contribution in [0.1, 0.15) is 32.1 Å². The van der Waals surface area contributed by atoms with Gasteiger partial charge in [0.15, 0.2) is 0 Å². The number of thioether (sulfide) groups is 1. The molecule has 2 aliphatic rings. The normalized spacial score (nSPS) is 22.3. The molecule has 2 saturated heterocycles. The second-order valence-corrected chi connectivity index (χ2v) is 9.59. The SMILES string of the molecule is O=C(CCCC[C@@H]1SC[C@@H]2NC(=O)N[C@@H]21)NCCCOCCOCCOCCOC[C@H](O)CO. The van der Waals surface area contributed by atoms with Crippen molar-refractivity contribution in [3.63, 3.8) is 0 Å². The van der Waals surface area contributed by atoms with Crippen LogP contribution < -0.4 is 16.0 Å². The number of carbonyl (C=O) groups is 2. The lowest BCUT2D eigenvalue weighted by Crippen LogP contribution is -2.36. The first-order chi connectivity index (χ1) is 16.6. The molecule has 0 unspecified atom stereocenters. The summed E-state index contributed by atoms with van der Waals surface area (Å²) in [6, 6.07) is 0.429. The number of unbranched alkanes of at least 4 members (excludes halogenated alkanes) is 1. The highest BCUT2D eigenvalue weighted by molar-refractivity contribution is 8.00. The molecule has 0 bridgehead atoms. The maximum absolute atomic E-state index is 11.9. The molecule has 0 spiro atoms. The largest absolute Gasteiger partial charge is 0.394 e. The Hall–Kier alpha value is -1.15. The summed E-state index contributed by atoms with van der Waals surface area (Å²) in [6.07, 6.45) is 3.31. The number of nitrogens with one attached hydrogen (secondary N) is 3. The fourth-order valence-electron chi connectivity index (χ4n) is 3.70. The molecule has 34 heavy (non-hydrogen) atoms. The Morgan fingerprint density at radius 3 is 2.38 bits per heavy atom. The van der Waals surface area contributed by atoms with Crippen molar-refractivity contribution < 1.29 is 38.7 Å². The van der Waals surface area contributed by atoms with Crippen molar-refractivity contribution in [3.05, 3.63) is 0 Å². The van der Waals surface area contributed by atoms with Gasteiger partial charge in [-0.1, -0.05) is 6.42 Å². The zero-order chi connectivity index (χ0) is 24.4. The second kappa shape index (κ2) is 18.2. The topological polar surface area (TPSA) is 148 Å². The minimum Gasteiger partial charge on any atom is -0.394 e. The molecule has 0 aromatic heterocycles. The Kier molecular flexibility index (Phi) is 15.5. The number of aliphatic hydroxyl groups excluding tert-OH is 2. The zero-order valence-corrected chi connectivity index (χ0v) is 20.7. The summed E-state index contributed by atoms with van der Waals surface area (Å²) in [5.41, 5.74) is 0. The van der Waals surface area contributed by atoms with Crippen LogP contribution in [-0.4, -0.2) is 117 Å². The number of hydrogen-bond donors (Lipinski definition) is 5. The first-order valence-corrected chi connectivity index (χ1v) is 13.2. The van der Waals surface area contributed by atoms with Gasteiger partial charge in [-0.15, -0.1) is 0 Å². The van der Waals surface area contributed by atoms with E-state index < -0.39 is 6.10 Å². The molecule has 11 nitrogen and oxygen atoms in total. The molecule has 2 rings (SSSR count). The quantitative estimate of drug-likeness (QED) is 0.104. The van der Waals surface area contributed by atoms with E-state index in [2.05, 4.69) is 16.0 Å². The van der Waals surface area contributed by atoms with Crippen LogP contribution in [0.3, 0.4) is 0 Å². The standard InChI is InChI=1S/C22H41N3O8S/c26-14-17(27)15-33-13-12-32-11-10-31-9-8-30-7-3-6-23-20(28)5-2-1-4-19-21-18(16-34-19)24-22(29)25-21/h17-19,21,26-27H,1-16H2,(H,23,28)(H2,24,25,29)/t17-,18+,19+,21+/m1/s1. The van der Waals surface area contributed by atoms with Gasteiger partial charge in [-0.25, -0.2) is 4.79 Å². The van der Waals surface area contributed by atoms with Crippen LogP contribution in [0.2, 0.25) is 0 Å². The molecule has 12 heteroatoms. The highest BCUT2D eigenvalue weighted by Crippen LogP contribution is 2.33. The number of urea groups is 1. The maximum Gasteiger partial charge on any atom is 0.315 e. The van der Waals surface area contributed by atoms with E-state index in [1.807, 2.05) is 11.8 Å². The van der Waals surface area contributed by atoms with Crippen molar-refractivity contribution in [1.82, 2.24) is 16.0 Å². The molecule has 5 N–H and O–H groups in total. The summed E-state index contributed by atoms with van der Waals surface area (Å²) in [6.45, 7) is 3.61. The Balaban J connectivity index is 1.27. The van der Waals surface area contributed by atoms with Gasteiger partial charge in [-0.2, -0.15) is 11.8 Å². The third kappa shape index (κ3) is 12.5. The van der Waals surface area contributed by atoms with E-state index in [0.29, 0.717) is 64.5 Å². The molecule has 0 saturated carbocycles. The molecular formula is C22H41N3O8S. The van der Waals surface area contributed by atoms with Crippen molar-refractivity contribution in [2.45, 2.75) is 55.5 Å². The molecule has 2 heterocycles. The van der Waals surface area contributed by atoms with Gasteiger partial charge in [0, 0.05) is 30.6 Å². The monoisotopic (exact) mass is 507 g/mol. The van der Waals surface area contributed by atoms with Crippen LogP contribution in [0.25, 0.3) is 0 Å². The molecule has 3 amide bonds. The number of amides is 3. The van der Waals surface area contributed by atoms with Crippen LogP contribution in [0.4, 0.5) is 4.79 Å². The summed E-state index contributed by atoms with van der Waals surface area (Å²) in [5.74, 6) is 1.04. The van der Waals surface area contributed by atoms with Gasteiger partial charge in [0.25, 0.3) is 0 Å². The summed E-state index contributed by atoms with van der Waals surface area (Å²) < 4.78 is 21.3. The minimum atomic E-state index is -0.846. The van der Waals surface area contributed by atoms with Gasteiger partial charge >= 0.3 is 6.03 Å². The van der Waals surface area contributed by atoms with E-state index in [-0.39, 0.29) is 37.2 Å². The van der Waals surface area contributed by atoms with Gasteiger partial charge in [0.2, 0.25) is 5.91 Å². The van der Waals surface area contributed by atoms with Crippen LogP contribution in [0.15, 0.2) is 0 Å². The fourth-order valence-corrected chi connectivity index (χ4v) is 5.24. The molecular weight excluding hydrogens is 466 g/mol. The summed E-state index contributed by atoms with van der Waals surface area (Å²) in [4.78, 5) is 23.3. The number of ether oxygens (including phenoxy) is 4. The van der Waals surface area contributed by atoms with Crippen molar-refractivity contribution in [2.24, 2.45) is 0 Å². The van der Waals surface area contributed by atoms with Crippen molar-refractivity contribution in [2.75, 3.05) is 71.8 Å². The first-order valence-electron chi connectivity index (χ1n) is 12.2. The lowest BCUT2D eigenvalue weighted by atomic mass is 10.0. The van der Waals surface area contributed by atoms with E-state index in [1.165, 1.54) is 0 Å². The average molecular weight is 508 g/mol. The molecule has 4 atom stereocenters. The Morgan fingerprint density at radius 2 is 1.68 bits per heavy atom. The van der Waals surface area contributed by atoms with Crippen LogP contribution >= 0.6 is 11.8 Å². The molecule has 0 aromatic carbocycles. The van der Waals surface area contributed by atoms with Crippen LogP contribution in [0, 0.1) is 0 Å². The van der Waals surface area contributed by atoms with E-state index >= 15 is 0 Å². The molecule has 198 valence electrons. The minimum absolute atomic E-state index is 0.0575. The van der Waals surface area contributed by atoms with Crippen LogP contribution in [0.5, 0.6) is 0 Å². The molecule has 0 aromatic rings. The molecule has 2 aliphatic heterocycles. The van der Waals surface area contributed by atoms with E-state index in [9.17, 15) is 9.59 Å². The third-order valence-corrected chi connectivity index (χ3v) is 7.01. The lowest BCUT2D eigenvalue weighted by Gasteiger charge is -2.16. The lowest BCUT2D eigenvalue weighted by molar-refractivity contribution is -0.121. The second-order valence-electron chi connectivity index (χ2n) is 8.32. The Bertz CT molecular complexity index is 574. The predicted molar refractivity (Wildman–Crippen MR) is 128 cm³/mol. The smallest absolute Gasteiger partial charge is 0.315 e. The number of aliphatic hydroxyl groups is 2. The summed E-state index contributed by atoms with van der Waals surface area (Å²) in [7, 11) is 0. The van der Waals surface area contributed by atoms with Crippen LogP contribution in [-0.2, 0) is 23.7 Å². The van der Waals surface area contributed by atoms with Crippen molar-refractivity contribution >= 4 is 23.7 Å². The highest BCUT2D eigenvalue weighted by Gasteiger charge is 2.42. The molecule has 0 aliphatic carbocycles. The van der Waals surface area contributed by atoms with Gasteiger partial charge in [0.05, 0.1) is 64.9 Å². The van der Waals surface area contributed by atoms with Crippen molar-refractivity contribution in [1.29, 1.82) is 0 Å². The number of carbonyl (C=O) groups excluding carboxylic acids is 2. The highest BCUT2D eigenvalue weighted by atomic mass is 32.2. The molecule has 2 fully saturated rings. The predicted octanol–water partition coefficient (Wildman–Crippen LogP) is -0.362. The Labute approximate surface area is 206 Å². The number of hydrogen-bond acceptors (Lipinski definition) is 9. The maximum atomic E-state index is 11.9. The Morgan fingerprint density at radius 1 is 1.00 bits per heavy atom. The number of rotatable bonds is 21. The van der Waals surface area contributed by atoms with Gasteiger partial charge in [0.1, 0.15) is 6.10 Å². The van der Waals surface area contributed by atoms with E-state index in [4.69, 9.17) is 29.2 Å². The van der Waals surface area contributed by atoms with Crippen molar-refractivity contribution in [3.8, 4) is 0 Å². The first kappa shape index (κ1) is 29.1. The number of fused-ring (bicyclic) bond motifs is 1. The van der Waals surface area contributed by atoms with Gasteiger partial charge in [-0.3, -0.25) is 4.79 Å². The third-order valence-electron chi connectivity index (χ3n) is 5.51. The summed E-state index contributed by atoms with van der Waals surface area (Å²) in [5, 5.41) is 27.0. The van der Waals surface area contributed by atoms with Gasteiger partial charge < -0.3 is 45.1 Å².